The molecular weight excluding hydrogens is 745 g/mol. The maximum Gasteiger partial charge on any atom is 0.251 e. The number of nitrogens with one attached hydrogen (secondary N) is 4. The summed E-state index contributed by atoms with van der Waals surface area (Å²) in [6, 6.07) is 23.2. The minimum atomic E-state index is -0.454. The smallest absolute Gasteiger partial charge is 0.251 e. The first-order chi connectivity index (χ1) is 28.3. The standard InChI is InChI=1S/2C21H22N4O4/c26-20(23-16-6-3-4-15(16)21(27)24-28)14-9-7-13(8-10-14)18-12-19(29-25-18)17-5-1-2-11-22-17;26-20(23-17-3-1-2-16(17)21(27)24-28)15-6-4-13(5-7-15)18-12-19(29-25-18)14-8-10-22-11-9-14/h1-2,5,7-11,15-16,19,28H,3-4,6,12H2,(H,23,26)(H,24,27);4-11,16-17,19,28H,1-3,12H2,(H,23,26)(H,24,27)/t15-,16+,19?;16-,17+,19?/m00/s1. The zero-order valence-corrected chi connectivity index (χ0v) is 31.5. The molecule has 2 saturated carbocycles. The fourth-order valence-electron chi connectivity index (χ4n) is 7.77. The number of amides is 4. The van der Waals surface area contributed by atoms with Crippen LogP contribution in [-0.2, 0) is 19.3 Å². The molecule has 16 heteroatoms. The van der Waals surface area contributed by atoms with Crippen molar-refractivity contribution in [3.05, 3.63) is 131 Å². The SMILES string of the molecule is O=C(N[C@@H]1CCC[C@@H]1C(=O)NO)c1ccc(C2=NOC(c3ccccn3)C2)cc1.O=C(N[C@@H]1CCC[C@@H]1C(=O)NO)c1ccc(C2=NOC(c3ccncc3)C2)cc1. The van der Waals surface area contributed by atoms with E-state index in [9.17, 15) is 19.2 Å². The molecule has 4 aromatic rings. The van der Waals surface area contributed by atoms with Gasteiger partial charge in [-0.25, -0.2) is 11.0 Å². The van der Waals surface area contributed by atoms with Gasteiger partial charge in [0.2, 0.25) is 11.8 Å². The molecule has 2 unspecified atom stereocenters. The Labute approximate surface area is 334 Å². The molecule has 4 heterocycles. The van der Waals surface area contributed by atoms with Gasteiger partial charge < -0.3 is 20.3 Å². The van der Waals surface area contributed by atoms with E-state index < -0.39 is 23.7 Å². The van der Waals surface area contributed by atoms with Crippen molar-refractivity contribution in [2.24, 2.45) is 22.1 Å². The second-order valence-electron chi connectivity index (χ2n) is 14.5. The van der Waals surface area contributed by atoms with Gasteiger partial charge in [-0.05, 0) is 90.9 Å². The molecule has 0 radical (unpaired) electrons. The monoisotopic (exact) mass is 788 g/mol. The quantitative estimate of drug-likeness (QED) is 0.0959. The Morgan fingerprint density at radius 1 is 0.586 bits per heavy atom. The average molecular weight is 789 g/mol. The van der Waals surface area contributed by atoms with Crippen LogP contribution in [-0.4, -0.2) is 67.5 Å². The van der Waals surface area contributed by atoms with Crippen molar-refractivity contribution >= 4 is 35.1 Å². The van der Waals surface area contributed by atoms with Crippen LogP contribution in [0.5, 0.6) is 0 Å². The number of benzene rings is 2. The average Bonchev–Trinajstić information content (AvgIpc) is 4.13. The van der Waals surface area contributed by atoms with E-state index in [1.54, 1.807) is 53.8 Å². The van der Waals surface area contributed by atoms with Crippen LogP contribution in [0.3, 0.4) is 0 Å². The lowest BCUT2D eigenvalue weighted by atomic mass is 9.99. The molecule has 4 amide bonds. The summed E-state index contributed by atoms with van der Waals surface area (Å²) >= 11 is 0. The summed E-state index contributed by atoms with van der Waals surface area (Å²) in [6.45, 7) is 0. The van der Waals surface area contributed by atoms with Crippen LogP contribution in [0.25, 0.3) is 0 Å². The number of hydroxylamine groups is 2. The minimum Gasteiger partial charge on any atom is -0.387 e. The second-order valence-corrected chi connectivity index (χ2v) is 14.5. The largest absolute Gasteiger partial charge is 0.387 e. The zero-order valence-electron chi connectivity index (χ0n) is 31.5. The van der Waals surface area contributed by atoms with Crippen LogP contribution >= 0.6 is 0 Å². The Kier molecular flexibility index (Phi) is 12.7. The van der Waals surface area contributed by atoms with Gasteiger partial charge in [-0.15, -0.1) is 0 Å². The number of pyridine rings is 2. The van der Waals surface area contributed by atoms with Gasteiger partial charge in [-0.1, -0.05) is 53.5 Å². The molecular formula is C42H44N8O8. The number of aromatic nitrogens is 2. The first kappa shape index (κ1) is 39.7. The van der Waals surface area contributed by atoms with E-state index in [-0.39, 0.29) is 36.1 Å². The molecule has 0 bridgehead atoms. The number of rotatable bonds is 10. The van der Waals surface area contributed by atoms with Crippen molar-refractivity contribution in [3.8, 4) is 0 Å². The molecule has 300 valence electrons. The van der Waals surface area contributed by atoms with Crippen LogP contribution in [0, 0.1) is 11.8 Å². The Bertz CT molecular complexity index is 1980. The molecule has 8 rings (SSSR count). The van der Waals surface area contributed by atoms with Gasteiger partial charge in [0.1, 0.15) is 0 Å². The highest BCUT2D eigenvalue weighted by molar-refractivity contribution is 6.03. The number of carbonyl (C=O) groups excluding carboxylic acids is 4. The summed E-state index contributed by atoms with van der Waals surface area (Å²) in [6.07, 6.45) is 10.5. The molecule has 0 spiro atoms. The van der Waals surface area contributed by atoms with Crippen LogP contribution in [0.1, 0.15) is 107 Å². The second kappa shape index (κ2) is 18.6. The van der Waals surface area contributed by atoms with E-state index in [0.717, 1.165) is 46.6 Å². The van der Waals surface area contributed by atoms with Crippen LogP contribution < -0.4 is 21.6 Å². The lowest BCUT2D eigenvalue weighted by molar-refractivity contribution is -0.134. The van der Waals surface area contributed by atoms with Gasteiger partial charge in [0.05, 0.1) is 29.0 Å². The van der Waals surface area contributed by atoms with E-state index in [2.05, 4.69) is 30.9 Å². The van der Waals surface area contributed by atoms with Crippen LogP contribution in [0.4, 0.5) is 0 Å². The van der Waals surface area contributed by atoms with Gasteiger partial charge >= 0.3 is 0 Å². The Morgan fingerprint density at radius 3 is 1.57 bits per heavy atom. The third-order valence-electron chi connectivity index (χ3n) is 11.0. The summed E-state index contributed by atoms with van der Waals surface area (Å²) in [7, 11) is 0. The van der Waals surface area contributed by atoms with Crippen LogP contribution in [0.2, 0.25) is 0 Å². The van der Waals surface area contributed by atoms with E-state index in [4.69, 9.17) is 20.1 Å². The Balaban J connectivity index is 0.000000177. The minimum absolute atomic E-state index is 0.132. The molecule has 2 aliphatic carbocycles. The fraction of sp³-hybridized carbons (Fsp3) is 0.333. The van der Waals surface area contributed by atoms with Gasteiger partial charge in [-0.3, -0.25) is 39.6 Å². The summed E-state index contributed by atoms with van der Waals surface area (Å²) in [5.41, 5.74) is 9.66. The number of hydrogen-bond donors (Lipinski definition) is 6. The molecule has 6 N–H and O–H groups in total. The summed E-state index contributed by atoms with van der Waals surface area (Å²) in [4.78, 5) is 67.9. The zero-order chi connectivity index (χ0) is 40.4. The van der Waals surface area contributed by atoms with E-state index in [1.165, 1.54) is 0 Å². The van der Waals surface area contributed by atoms with Gasteiger partial charge in [0.25, 0.3) is 11.8 Å². The maximum atomic E-state index is 12.6. The molecule has 16 nitrogen and oxygen atoms in total. The summed E-state index contributed by atoms with van der Waals surface area (Å²) in [5.74, 6) is -2.19. The van der Waals surface area contributed by atoms with E-state index >= 15 is 0 Å². The molecule has 6 atom stereocenters. The normalized spacial score (nSPS) is 23.2. The predicted octanol–water partition coefficient (Wildman–Crippen LogP) is 4.70. The highest BCUT2D eigenvalue weighted by Gasteiger charge is 2.35. The van der Waals surface area contributed by atoms with Gasteiger partial charge in [0.15, 0.2) is 12.2 Å². The third kappa shape index (κ3) is 9.36. The maximum absolute atomic E-state index is 12.6. The number of nitrogens with zero attached hydrogens (tertiary/aromatic N) is 4. The highest BCUT2D eigenvalue weighted by Crippen LogP contribution is 2.31. The summed E-state index contributed by atoms with van der Waals surface area (Å²) < 4.78 is 0. The number of oxime groups is 2. The molecule has 2 aromatic heterocycles. The van der Waals surface area contributed by atoms with Crippen molar-refractivity contribution in [2.75, 3.05) is 0 Å². The highest BCUT2D eigenvalue weighted by atomic mass is 16.6. The fourth-order valence-corrected chi connectivity index (χ4v) is 7.77. The van der Waals surface area contributed by atoms with E-state index in [0.29, 0.717) is 49.7 Å². The first-order valence-electron chi connectivity index (χ1n) is 19.3. The molecule has 58 heavy (non-hydrogen) atoms. The van der Waals surface area contributed by atoms with Crippen molar-refractivity contribution in [1.82, 2.24) is 31.6 Å². The van der Waals surface area contributed by atoms with Crippen molar-refractivity contribution in [2.45, 2.75) is 75.7 Å². The first-order valence-corrected chi connectivity index (χ1v) is 19.3. The number of hydrogen-bond acceptors (Lipinski definition) is 12. The molecule has 0 saturated heterocycles. The predicted molar refractivity (Wildman–Crippen MR) is 208 cm³/mol. The van der Waals surface area contributed by atoms with Crippen molar-refractivity contribution in [3.63, 3.8) is 0 Å². The topological polar surface area (TPSA) is 226 Å². The van der Waals surface area contributed by atoms with Crippen molar-refractivity contribution < 1.29 is 39.3 Å². The molecule has 4 aliphatic rings. The lowest BCUT2D eigenvalue weighted by Crippen LogP contribution is -2.43. The lowest BCUT2D eigenvalue weighted by Gasteiger charge is -2.19. The van der Waals surface area contributed by atoms with Crippen molar-refractivity contribution in [1.29, 1.82) is 0 Å². The van der Waals surface area contributed by atoms with E-state index in [1.807, 2.05) is 54.6 Å². The number of carbonyl (C=O) groups is 4. The van der Waals surface area contributed by atoms with Gasteiger partial charge in [0, 0.05) is 54.6 Å². The Morgan fingerprint density at radius 2 is 1.09 bits per heavy atom. The Hall–Kier alpha value is -6.52. The van der Waals surface area contributed by atoms with Gasteiger partial charge in [-0.2, -0.15) is 0 Å². The third-order valence-corrected chi connectivity index (χ3v) is 11.0. The summed E-state index contributed by atoms with van der Waals surface area (Å²) in [5, 5.41) is 31.9. The molecule has 2 fully saturated rings. The van der Waals surface area contributed by atoms with Crippen LogP contribution in [0.15, 0.2) is 108 Å². The molecule has 2 aliphatic heterocycles. The molecule has 2 aromatic carbocycles.